The van der Waals surface area contributed by atoms with Crippen LogP contribution >= 0.6 is 0 Å². The smallest absolute Gasteiger partial charge is 0.416 e. The van der Waals surface area contributed by atoms with Gasteiger partial charge >= 0.3 is 12.1 Å². The minimum absolute atomic E-state index is 0.0517. The Balaban J connectivity index is 1.95. The zero-order chi connectivity index (χ0) is 17.7. The molecule has 1 aromatic carbocycles. The van der Waals surface area contributed by atoms with Gasteiger partial charge in [0.25, 0.3) is 0 Å². The molecular weight excluding hydrogens is 323 g/mol. The van der Waals surface area contributed by atoms with Gasteiger partial charge in [-0.1, -0.05) is 25.0 Å². The van der Waals surface area contributed by atoms with Crippen LogP contribution in [0.2, 0.25) is 0 Å². The summed E-state index contributed by atoms with van der Waals surface area (Å²) in [6.45, 7) is 0. The Bertz CT molecular complexity index is 578. The molecule has 1 atom stereocenters. The summed E-state index contributed by atoms with van der Waals surface area (Å²) in [5.41, 5.74) is -0.361. The molecule has 7 heteroatoms. The average Bonchev–Trinajstić information content (AvgIpc) is 2.99. The van der Waals surface area contributed by atoms with Crippen molar-refractivity contribution in [1.29, 1.82) is 0 Å². The fourth-order valence-electron chi connectivity index (χ4n) is 3.00. The van der Waals surface area contributed by atoms with E-state index in [4.69, 9.17) is 0 Å². The molecular formula is C17H20F3NO3. The monoisotopic (exact) mass is 343 g/mol. The second-order valence-corrected chi connectivity index (χ2v) is 6.21. The fourth-order valence-corrected chi connectivity index (χ4v) is 3.00. The molecule has 24 heavy (non-hydrogen) atoms. The zero-order valence-corrected chi connectivity index (χ0v) is 13.1. The largest absolute Gasteiger partial charge is 0.480 e. The third-order valence-electron chi connectivity index (χ3n) is 4.30. The zero-order valence-electron chi connectivity index (χ0n) is 13.1. The third kappa shape index (κ3) is 5.25. The van der Waals surface area contributed by atoms with Crippen LogP contribution in [-0.2, 0) is 22.2 Å². The van der Waals surface area contributed by atoms with E-state index in [2.05, 4.69) is 5.32 Å². The Morgan fingerprint density at radius 3 is 2.25 bits per heavy atom. The van der Waals surface area contributed by atoms with Crippen molar-refractivity contribution in [2.45, 2.75) is 50.7 Å². The molecule has 2 rings (SSSR count). The van der Waals surface area contributed by atoms with Crippen LogP contribution in [0.5, 0.6) is 0 Å². The van der Waals surface area contributed by atoms with Gasteiger partial charge < -0.3 is 10.4 Å². The first-order valence-corrected chi connectivity index (χ1v) is 7.94. The molecule has 1 fully saturated rings. The second kappa shape index (κ2) is 7.68. The first-order valence-electron chi connectivity index (χ1n) is 7.94. The highest BCUT2D eigenvalue weighted by Crippen LogP contribution is 2.29. The predicted octanol–water partition coefficient (Wildman–Crippen LogP) is 3.40. The topological polar surface area (TPSA) is 66.4 Å². The molecule has 0 heterocycles. The lowest BCUT2D eigenvalue weighted by molar-refractivity contribution is -0.142. The minimum atomic E-state index is -4.43. The summed E-state index contributed by atoms with van der Waals surface area (Å²) < 4.78 is 37.6. The molecule has 0 bridgehead atoms. The molecule has 1 aliphatic carbocycles. The molecule has 132 valence electrons. The van der Waals surface area contributed by atoms with Gasteiger partial charge in [-0.05, 0) is 36.5 Å². The van der Waals surface area contributed by atoms with Crippen molar-refractivity contribution in [1.82, 2.24) is 5.32 Å². The molecule has 1 aromatic rings. The average molecular weight is 343 g/mol. The fraction of sp³-hybridized carbons (Fsp3) is 0.529. The number of hydrogen-bond donors (Lipinski definition) is 2. The van der Waals surface area contributed by atoms with Gasteiger partial charge in [-0.2, -0.15) is 13.2 Å². The maximum absolute atomic E-state index is 12.5. The number of carbonyl (C=O) groups excluding carboxylic acids is 1. The highest BCUT2D eigenvalue weighted by atomic mass is 19.4. The van der Waals surface area contributed by atoms with E-state index in [0.717, 1.165) is 37.8 Å². The second-order valence-electron chi connectivity index (χ2n) is 6.21. The van der Waals surface area contributed by atoms with Crippen LogP contribution in [0.3, 0.4) is 0 Å². The number of halogens is 3. The normalized spacial score (nSPS) is 16.8. The number of carbonyl (C=O) groups is 2. The summed E-state index contributed by atoms with van der Waals surface area (Å²) in [6, 6.07) is 3.16. The van der Waals surface area contributed by atoms with Crippen LogP contribution < -0.4 is 5.32 Å². The predicted molar refractivity (Wildman–Crippen MR) is 81.3 cm³/mol. The van der Waals surface area contributed by atoms with Crippen LogP contribution in [0.25, 0.3) is 0 Å². The number of aliphatic carboxylic acids is 1. The van der Waals surface area contributed by atoms with E-state index < -0.39 is 23.8 Å². The van der Waals surface area contributed by atoms with Gasteiger partial charge in [0.2, 0.25) is 5.91 Å². The number of carboxylic acids is 1. The van der Waals surface area contributed by atoms with Crippen molar-refractivity contribution in [3.63, 3.8) is 0 Å². The Labute approximate surface area is 138 Å². The first-order chi connectivity index (χ1) is 11.3. The lowest BCUT2D eigenvalue weighted by atomic mass is 10.0. The first kappa shape index (κ1) is 18.3. The Morgan fingerprint density at radius 1 is 1.17 bits per heavy atom. The summed E-state index contributed by atoms with van der Waals surface area (Å²) in [5, 5.41) is 11.7. The molecule has 0 aromatic heterocycles. The van der Waals surface area contributed by atoms with Gasteiger partial charge in [-0.15, -0.1) is 0 Å². The maximum Gasteiger partial charge on any atom is 0.416 e. The van der Waals surface area contributed by atoms with Crippen LogP contribution in [-0.4, -0.2) is 23.0 Å². The molecule has 0 spiro atoms. The number of hydrogen-bond acceptors (Lipinski definition) is 2. The Hall–Kier alpha value is -2.05. The SMILES string of the molecule is O=C(CC1CCCC1)N[C@@H](Cc1ccc(C(F)(F)F)cc1)C(=O)O. The van der Waals surface area contributed by atoms with Crippen molar-refractivity contribution in [2.75, 3.05) is 0 Å². The standard InChI is InChI=1S/C17H20F3NO3/c18-17(19,20)13-7-5-12(6-8-13)9-14(16(23)24)21-15(22)10-11-3-1-2-4-11/h5-8,11,14H,1-4,9-10H2,(H,21,22)(H,23,24)/t14-/m0/s1. The van der Waals surface area contributed by atoms with Crippen LogP contribution in [0.15, 0.2) is 24.3 Å². The molecule has 1 saturated carbocycles. The summed E-state index contributed by atoms with van der Waals surface area (Å²) in [4.78, 5) is 23.3. The van der Waals surface area contributed by atoms with Crippen LogP contribution in [0.1, 0.15) is 43.2 Å². The van der Waals surface area contributed by atoms with Gasteiger partial charge in [0.05, 0.1) is 5.56 Å². The number of benzene rings is 1. The Kier molecular flexibility index (Phi) is 5.85. The Morgan fingerprint density at radius 2 is 1.75 bits per heavy atom. The molecule has 4 nitrogen and oxygen atoms in total. The van der Waals surface area contributed by atoms with Crippen molar-refractivity contribution < 1.29 is 27.9 Å². The summed E-state index contributed by atoms with van der Waals surface area (Å²) in [5.74, 6) is -1.22. The minimum Gasteiger partial charge on any atom is -0.480 e. The van der Waals surface area contributed by atoms with Crippen molar-refractivity contribution in [3.05, 3.63) is 35.4 Å². The lowest BCUT2D eigenvalue weighted by Crippen LogP contribution is -2.42. The van der Waals surface area contributed by atoms with E-state index in [-0.39, 0.29) is 12.3 Å². The number of alkyl halides is 3. The number of rotatable bonds is 6. The third-order valence-corrected chi connectivity index (χ3v) is 4.30. The van der Waals surface area contributed by atoms with E-state index in [9.17, 15) is 27.9 Å². The molecule has 1 aliphatic rings. The van der Waals surface area contributed by atoms with E-state index in [0.29, 0.717) is 17.9 Å². The van der Waals surface area contributed by atoms with Crippen LogP contribution in [0.4, 0.5) is 13.2 Å². The van der Waals surface area contributed by atoms with E-state index in [1.165, 1.54) is 12.1 Å². The van der Waals surface area contributed by atoms with Gasteiger partial charge in [0.15, 0.2) is 0 Å². The molecule has 0 aliphatic heterocycles. The van der Waals surface area contributed by atoms with Crippen molar-refractivity contribution in [3.8, 4) is 0 Å². The number of amides is 1. The van der Waals surface area contributed by atoms with Gasteiger partial charge in [0, 0.05) is 12.8 Å². The van der Waals surface area contributed by atoms with Crippen LogP contribution in [0, 0.1) is 5.92 Å². The number of nitrogens with one attached hydrogen (secondary N) is 1. The maximum atomic E-state index is 12.5. The quantitative estimate of drug-likeness (QED) is 0.832. The van der Waals surface area contributed by atoms with Gasteiger partial charge in [-0.3, -0.25) is 4.79 Å². The molecule has 1 amide bonds. The van der Waals surface area contributed by atoms with Gasteiger partial charge in [0.1, 0.15) is 6.04 Å². The van der Waals surface area contributed by atoms with Crippen molar-refractivity contribution in [2.24, 2.45) is 5.92 Å². The molecule has 0 saturated heterocycles. The summed E-state index contributed by atoms with van der Waals surface area (Å²) >= 11 is 0. The highest BCUT2D eigenvalue weighted by Gasteiger charge is 2.30. The van der Waals surface area contributed by atoms with E-state index in [1.807, 2.05) is 0 Å². The molecule has 2 N–H and O–H groups in total. The van der Waals surface area contributed by atoms with E-state index >= 15 is 0 Å². The molecule has 0 unspecified atom stereocenters. The van der Waals surface area contributed by atoms with E-state index in [1.54, 1.807) is 0 Å². The number of carboxylic acid groups (broad SMARTS) is 1. The van der Waals surface area contributed by atoms with Crippen molar-refractivity contribution >= 4 is 11.9 Å². The lowest BCUT2D eigenvalue weighted by Gasteiger charge is -2.16. The summed E-state index contributed by atoms with van der Waals surface area (Å²) in [7, 11) is 0. The summed E-state index contributed by atoms with van der Waals surface area (Å²) in [6.07, 6.45) is -0.0489. The van der Waals surface area contributed by atoms with Gasteiger partial charge in [-0.25, -0.2) is 4.79 Å². The highest BCUT2D eigenvalue weighted by molar-refractivity contribution is 5.83. The molecule has 0 radical (unpaired) electrons.